The van der Waals surface area contributed by atoms with Crippen molar-refractivity contribution in [3.8, 4) is 0 Å². The Kier molecular flexibility index (Phi) is 6.09. The maximum atomic E-state index is 10.7. The van der Waals surface area contributed by atoms with Gasteiger partial charge in [0.2, 0.25) is 0 Å². The Morgan fingerprint density at radius 2 is 2.21 bits per heavy atom. The van der Waals surface area contributed by atoms with Gasteiger partial charge in [-0.15, -0.1) is 0 Å². The summed E-state index contributed by atoms with van der Waals surface area (Å²) in [6, 6.07) is 5.91. The fraction of sp³-hybridized carbons (Fsp3) is 0.400. The van der Waals surface area contributed by atoms with Crippen LogP contribution in [0.4, 0.5) is 5.69 Å². The van der Waals surface area contributed by atoms with Crippen molar-refractivity contribution >= 4 is 33.7 Å². The highest BCUT2D eigenvalue weighted by Gasteiger charge is 2.09. The van der Waals surface area contributed by atoms with E-state index in [1.54, 1.807) is 6.08 Å². The van der Waals surface area contributed by atoms with Gasteiger partial charge in [0, 0.05) is 29.8 Å². The predicted octanol–water partition coefficient (Wildman–Crippen LogP) is 4.03. The Morgan fingerprint density at radius 1 is 1.53 bits per heavy atom. The highest BCUT2D eigenvalue weighted by Crippen LogP contribution is 2.26. The van der Waals surface area contributed by atoms with E-state index in [0.717, 1.165) is 28.7 Å². The molecule has 0 aliphatic rings. The first-order valence-electron chi connectivity index (χ1n) is 6.35. The lowest BCUT2D eigenvalue weighted by molar-refractivity contribution is -0.131. The van der Waals surface area contributed by atoms with Crippen molar-refractivity contribution in [1.29, 1.82) is 0 Å². The molecule has 0 saturated heterocycles. The number of benzene rings is 1. The van der Waals surface area contributed by atoms with Crippen LogP contribution in [0.5, 0.6) is 0 Å². The molecule has 0 aromatic heterocycles. The van der Waals surface area contributed by atoms with E-state index in [9.17, 15) is 4.79 Å². The second-order valence-corrected chi connectivity index (χ2v) is 5.68. The first kappa shape index (κ1) is 15.8. The third-order valence-corrected chi connectivity index (χ3v) is 3.58. The average molecular weight is 326 g/mol. The molecular weight excluding hydrogens is 306 g/mol. The number of halogens is 1. The number of hydrogen-bond donors (Lipinski definition) is 1. The van der Waals surface area contributed by atoms with E-state index in [0.29, 0.717) is 5.92 Å². The van der Waals surface area contributed by atoms with Crippen LogP contribution in [0, 0.1) is 5.92 Å². The van der Waals surface area contributed by atoms with Gasteiger partial charge in [0.15, 0.2) is 0 Å². The van der Waals surface area contributed by atoms with E-state index in [1.807, 2.05) is 25.2 Å². The van der Waals surface area contributed by atoms with Gasteiger partial charge in [0.05, 0.1) is 0 Å². The fourth-order valence-corrected chi connectivity index (χ4v) is 2.24. The van der Waals surface area contributed by atoms with E-state index in [4.69, 9.17) is 5.11 Å². The van der Waals surface area contributed by atoms with Gasteiger partial charge in [-0.1, -0.05) is 36.2 Å². The van der Waals surface area contributed by atoms with Gasteiger partial charge in [-0.25, -0.2) is 4.79 Å². The molecule has 0 heterocycles. The second kappa shape index (κ2) is 7.34. The van der Waals surface area contributed by atoms with Crippen molar-refractivity contribution in [1.82, 2.24) is 0 Å². The van der Waals surface area contributed by atoms with Gasteiger partial charge in [-0.2, -0.15) is 0 Å². The molecule has 0 bridgehead atoms. The zero-order chi connectivity index (χ0) is 14.4. The van der Waals surface area contributed by atoms with E-state index in [2.05, 4.69) is 34.7 Å². The molecule has 0 fully saturated rings. The number of carboxylic acids is 1. The smallest absolute Gasteiger partial charge is 0.328 e. The molecule has 104 valence electrons. The average Bonchev–Trinajstić information content (AvgIpc) is 2.36. The van der Waals surface area contributed by atoms with E-state index in [-0.39, 0.29) is 0 Å². The van der Waals surface area contributed by atoms with Crippen LogP contribution in [0.1, 0.15) is 25.8 Å². The summed E-state index contributed by atoms with van der Waals surface area (Å²) in [6.07, 6.45) is 3.93. The molecule has 0 saturated carbocycles. The van der Waals surface area contributed by atoms with Gasteiger partial charge in [-0.05, 0) is 35.8 Å². The minimum atomic E-state index is -0.935. The van der Waals surface area contributed by atoms with Crippen molar-refractivity contribution < 1.29 is 9.90 Å². The molecule has 0 aliphatic carbocycles. The fourth-order valence-electron chi connectivity index (χ4n) is 1.86. The molecular formula is C15H20BrNO2. The minimum Gasteiger partial charge on any atom is -0.478 e. The zero-order valence-corrected chi connectivity index (χ0v) is 13.1. The van der Waals surface area contributed by atoms with Crippen LogP contribution in [-0.2, 0) is 4.79 Å². The van der Waals surface area contributed by atoms with Crippen LogP contribution in [0.2, 0.25) is 0 Å². The molecule has 0 amide bonds. The summed E-state index contributed by atoms with van der Waals surface area (Å²) in [5.74, 6) is -0.333. The number of aliphatic carboxylic acids is 1. The van der Waals surface area contributed by atoms with Gasteiger partial charge in [0.25, 0.3) is 0 Å². The first-order valence-corrected chi connectivity index (χ1v) is 7.15. The molecule has 4 heteroatoms. The standard InChI is InChI=1S/C15H20BrNO2/c1-4-11(2)10-17(3)14-7-6-13(16)9-12(14)5-8-15(18)19/h5-9,11H,4,10H2,1-3H3,(H,18,19)/b8-5+. The number of nitrogens with zero attached hydrogens (tertiary/aromatic N) is 1. The highest BCUT2D eigenvalue weighted by atomic mass is 79.9. The summed E-state index contributed by atoms with van der Waals surface area (Å²) >= 11 is 3.42. The maximum Gasteiger partial charge on any atom is 0.328 e. The Bertz CT molecular complexity index is 471. The molecule has 0 radical (unpaired) electrons. The second-order valence-electron chi connectivity index (χ2n) is 4.77. The minimum absolute atomic E-state index is 0.602. The van der Waals surface area contributed by atoms with Gasteiger partial charge in [0.1, 0.15) is 0 Å². The summed E-state index contributed by atoms with van der Waals surface area (Å²) in [5.41, 5.74) is 1.95. The van der Waals surface area contributed by atoms with Crippen LogP contribution >= 0.6 is 15.9 Å². The lowest BCUT2D eigenvalue weighted by Crippen LogP contribution is -2.24. The SMILES string of the molecule is CCC(C)CN(C)c1ccc(Br)cc1/C=C/C(=O)O. The van der Waals surface area contributed by atoms with Crippen LogP contribution in [0.3, 0.4) is 0 Å². The Morgan fingerprint density at radius 3 is 2.79 bits per heavy atom. The van der Waals surface area contributed by atoms with Crippen molar-refractivity contribution in [2.45, 2.75) is 20.3 Å². The largest absolute Gasteiger partial charge is 0.478 e. The monoisotopic (exact) mass is 325 g/mol. The zero-order valence-electron chi connectivity index (χ0n) is 11.6. The van der Waals surface area contributed by atoms with Gasteiger partial charge < -0.3 is 10.0 Å². The third kappa shape index (κ3) is 5.07. The topological polar surface area (TPSA) is 40.5 Å². The first-order chi connectivity index (χ1) is 8.93. The van der Waals surface area contributed by atoms with E-state index >= 15 is 0 Å². The van der Waals surface area contributed by atoms with Crippen LogP contribution < -0.4 is 4.90 Å². The van der Waals surface area contributed by atoms with Crippen molar-refractivity contribution in [2.75, 3.05) is 18.5 Å². The van der Waals surface area contributed by atoms with Crippen molar-refractivity contribution in [3.63, 3.8) is 0 Å². The number of anilines is 1. The number of hydrogen-bond acceptors (Lipinski definition) is 2. The molecule has 1 N–H and O–H groups in total. The molecule has 1 unspecified atom stereocenters. The molecule has 1 aromatic rings. The summed E-state index contributed by atoms with van der Waals surface area (Å²) in [4.78, 5) is 12.8. The Balaban J connectivity index is 3.02. The van der Waals surface area contributed by atoms with Crippen LogP contribution in [0.25, 0.3) is 6.08 Å². The Labute approximate surface area is 123 Å². The Hall–Kier alpha value is -1.29. The molecule has 1 atom stereocenters. The lowest BCUT2D eigenvalue weighted by atomic mass is 10.1. The van der Waals surface area contributed by atoms with E-state index in [1.165, 1.54) is 6.08 Å². The van der Waals surface area contributed by atoms with Crippen LogP contribution in [-0.4, -0.2) is 24.7 Å². The van der Waals surface area contributed by atoms with Crippen LogP contribution in [0.15, 0.2) is 28.7 Å². The number of rotatable bonds is 6. The third-order valence-electron chi connectivity index (χ3n) is 3.09. The maximum absolute atomic E-state index is 10.7. The summed E-state index contributed by atoms with van der Waals surface area (Å²) < 4.78 is 0.943. The van der Waals surface area contributed by atoms with Crippen molar-refractivity contribution in [3.05, 3.63) is 34.3 Å². The number of carboxylic acid groups (broad SMARTS) is 1. The molecule has 0 aliphatic heterocycles. The van der Waals surface area contributed by atoms with Gasteiger partial charge >= 0.3 is 5.97 Å². The molecule has 19 heavy (non-hydrogen) atoms. The molecule has 1 aromatic carbocycles. The summed E-state index contributed by atoms with van der Waals surface area (Å²) in [5, 5.41) is 8.74. The quantitative estimate of drug-likeness (QED) is 0.803. The molecule has 0 spiro atoms. The molecule has 1 rings (SSSR count). The summed E-state index contributed by atoms with van der Waals surface area (Å²) in [6.45, 7) is 5.33. The van der Waals surface area contributed by atoms with Gasteiger partial charge in [-0.3, -0.25) is 0 Å². The lowest BCUT2D eigenvalue weighted by Gasteiger charge is -2.24. The predicted molar refractivity (Wildman–Crippen MR) is 83.5 cm³/mol. The van der Waals surface area contributed by atoms with Crippen molar-refractivity contribution in [2.24, 2.45) is 5.92 Å². The van der Waals surface area contributed by atoms with E-state index < -0.39 is 5.97 Å². The number of carbonyl (C=O) groups is 1. The normalized spacial score (nSPS) is 12.6. The molecule has 3 nitrogen and oxygen atoms in total. The highest BCUT2D eigenvalue weighted by molar-refractivity contribution is 9.10. The summed E-state index contributed by atoms with van der Waals surface area (Å²) in [7, 11) is 2.04.